The number of amides is 1. The van der Waals surface area contributed by atoms with Gasteiger partial charge in [-0.1, -0.05) is 0 Å². The molecule has 1 aromatic carbocycles. The van der Waals surface area contributed by atoms with Crippen LogP contribution in [0, 0.1) is 6.92 Å². The number of aryl methyl sites for hydroxylation is 1. The molecule has 0 aromatic heterocycles. The van der Waals surface area contributed by atoms with E-state index in [0.29, 0.717) is 11.4 Å². The highest BCUT2D eigenvalue weighted by Gasteiger charge is 2.01. The van der Waals surface area contributed by atoms with Crippen LogP contribution in [0.1, 0.15) is 5.56 Å². The summed E-state index contributed by atoms with van der Waals surface area (Å²) in [6.07, 6.45) is -0.495. The Kier molecular flexibility index (Phi) is 2.74. The average molecular weight is 180 g/mol. The number of nitrogens with two attached hydrogens (primary N) is 1. The van der Waals surface area contributed by atoms with E-state index in [0.717, 1.165) is 5.56 Å². The van der Waals surface area contributed by atoms with Crippen LogP contribution in [0.2, 0.25) is 0 Å². The number of hydrogen-bond donors (Lipinski definition) is 2. The predicted molar refractivity (Wildman–Crippen MR) is 50.7 cm³/mol. The van der Waals surface area contributed by atoms with Crippen molar-refractivity contribution in [1.29, 1.82) is 0 Å². The van der Waals surface area contributed by atoms with Crippen molar-refractivity contribution in [3.8, 4) is 5.75 Å². The fourth-order valence-corrected chi connectivity index (χ4v) is 0.994. The molecule has 0 aliphatic heterocycles. The van der Waals surface area contributed by atoms with Crippen molar-refractivity contribution in [1.82, 2.24) is 5.32 Å². The molecule has 1 rings (SSSR count). The van der Waals surface area contributed by atoms with Gasteiger partial charge in [-0.25, -0.2) is 4.79 Å². The highest BCUT2D eigenvalue weighted by molar-refractivity contribution is 5.70. The van der Waals surface area contributed by atoms with Crippen LogP contribution in [0.3, 0.4) is 0 Å². The maximum atomic E-state index is 10.8. The quantitative estimate of drug-likeness (QED) is 0.640. The lowest BCUT2D eigenvalue weighted by Gasteiger charge is -2.05. The van der Waals surface area contributed by atoms with Gasteiger partial charge in [-0.3, -0.25) is 0 Å². The fraction of sp³-hybridized carbons (Fsp3) is 0.222. The Morgan fingerprint density at radius 1 is 1.46 bits per heavy atom. The van der Waals surface area contributed by atoms with Crippen LogP contribution in [-0.2, 0) is 0 Å². The topological polar surface area (TPSA) is 64.3 Å². The predicted octanol–water partition coefficient (Wildman–Crippen LogP) is 1.30. The summed E-state index contributed by atoms with van der Waals surface area (Å²) in [6, 6.07) is 5.14. The van der Waals surface area contributed by atoms with Crippen LogP contribution >= 0.6 is 0 Å². The van der Waals surface area contributed by atoms with Crippen LogP contribution in [-0.4, -0.2) is 13.1 Å². The minimum atomic E-state index is -0.495. The second kappa shape index (κ2) is 3.80. The van der Waals surface area contributed by atoms with Gasteiger partial charge in [-0.15, -0.1) is 0 Å². The van der Waals surface area contributed by atoms with Crippen LogP contribution in [0.15, 0.2) is 18.2 Å². The van der Waals surface area contributed by atoms with E-state index in [1.807, 2.05) is 6.92 Å². The number of carbonyl (C=O) groups is 1. The Bertz CT molecular complexity index is 303. The number of hydrogen-bond acceptors (Lipinski definition) is 3. The van der Waals surface area contributed by atoms with Crippen LogP contribution in [0.4, 0.5) is 10.5 Å². The van der Waals surface area contributed by atoms with E-state index in [1.54, 1.807) is 18.2 Å². The third kappa shape index (κ3) is 2.66. The summed E-state index contributed by atoms with van der Waals surface area (Å²) in [5, 5.41) is 2.35. The van der Waals surface area contributed by atoms with Gasteiger partial charge < -0.3 is 15.8 Å². The Morgan fingerprint density at radius 3 is 2.69 bits per heavy atom. The summed E-state index contributed by atoms with van der Waals surface area (Å²) >= 11 is 0. The molecule has 0 saturated carbocycles. The van der Waals surface area contributed by atoms with E-state index in [1.165, 1.54) is 7.05 Å². The second-order valence-electron chi connectivity index (χ2n) is 2.72. The monoisotopic (exact) mass is 180 g/mol. The summed E-state index contributed by atoms with van der Waals surface area (Å²) in [5.74, 6) is 0.455. The number of anilines is 1. The lowest BCUT2D eigenvalue weighted by atomic mass is 10.2. The van der Waals surface area contributed by atoms with Gasteiger partial charge in [0.1, 0.15) is 5.75 Å². The standard InChI is InChI=1S/C9H12N2O2/c1-6-3-7(10)5-8(4-6)13-9(12)11-2/h3-5H,10H2,1-2H3,(H,11,12). The molecule has 0 fully saturated rings. The van der Waals surface area contributed by atoms with Gasteiger partial charge in [-0.2, -0.15) is 0 Å². The number of nitrogens with one attached hydrogen (secondary N) is 1. The van der Waals surface area contributed by atoms with Crippen molar-refractivity contribution < 1.29 is 9.53 Å². The number of ether oxygens (including phenoxy) is 1. The molecule has 0 radical (unpaired) electrons. The zero-order chi connectivity index (χ0) is 9.84. The van der Waals surface area contributed by atoms with Gasteiger partial charge in [0.2, 0.25) is 0 Å². The molecule has 3 N–H and O–H groups in total. The molecule has 4 nitrogen and oxygen atoms in total. The van der Waals surface area contributed by atoms with E-state index in [4.69, 9.17) is 10.5 Å². The smallest absolute Gasteiger partial charge is 0.410 e. The average Bonchev–Trinajstić information content (AvgIpc) is 2.02. The van der Waals surface area contributed by atoms with Crippen molar-refractivity contribution in [2.24, 2.45) is 0 Å². The molecule has 0 saturated heterocycles. The van der Waals surface area contributed by atoms with Gasteiger partial charge in [0, 0.05) is 18.8 Å². The molecule has 1 amide bonds. The molecule has 0 aliphatic carbocycles. The Balaban J connectivity index is 2.83. The molecule has 13 heavy (non-hydrogen) atoms. The number of benzene rings is 1. The number of rotatable bonds is 1. The molecular formula is C9H12N2O2. The van der Waals surface area contributed by atoms with Gasteiger partial charge >= 0.3 is 6.09 Å². The molecule has 0 bridgehead atoms. The first-order chi connectivity index (χ1) is 6.11. The fourth-order valence-electron chi connectivity index (χ4n) is 0.994. The number of carbonyl (C=O) groups excluding carboxylic acids is 1. The zero-order valence-electron chi connectivity index (χ0n) is 7.63. The van der Waals surface area contributed by atoms with Crippen molar-refractivity contribution in [3.63, 3.8) is 0 Å². The number of nitrogen functional groups attached to an aromatic ring is 1. The first kappa shape index (κ1) is 9.38. The lowest BCUT2D eigenvalue weighted by Crippen LogP contribution is -2.22. The Morgan fingerprint density at radius 2 is 2.15 bits per heavy atom. The first-order valence-electron chi connectivity index (χ1n) is 3.88. The molecule has 0 unspecified atom stereocenters. The van der Waals surface area contributed by atoms with Crippen LogP contribution < -0.4 is 15.8 Å². The molecular weight excluding hydrogens is 168 g/mol. The second-order valence-corrected chi connectivity index (χ2v) is 2.72. The maximum Gasteiger partial charge on any atom is 0.412 e. The molecule has 4 heteroatoms. The minimum Gasteiger partial charge on any atom is -0.410 e. The van der Waals surface area contributed by atoms with E-state index in [9.17, 15) is 4.79 Å². The van der Waals surface area contributed by atoms with E-state index >= 15 is 0 Å². The summed E-state index contributed by atoms with van der Waals surface area (Å²) < 4.78 is 4.90. The third-order valence-electron chi connectivity index (χ3n) is 1.49. The van der Waals surface area contributed by atoms with E-state index in [2.05, 4.69) is 5.32 Å². The summed E-state index contributed by atoms with van der Waals surface area (Å²) in [4.78, 5) is 10.8. The van der Waals surface area contributed by atoms with Gasteiger partial charge in [0.15, 0.2) is 0 Å². The molecule has 0 spiro atoms. The van der Waals surface area contributed by atoms with E-state index < -0.39 is 6.09 Å². The normalized spacial score (nSPS) is 9.38. The first-order valence-corrected chi connectivity index (χ1v) is 3.88. The Labute approximate surface area is 76.7 Å². The maximum absolute atomic E-state index is 10.8. The van der Waals surface area contributed by atoms with Gasteiger partial charge in [0.05, 0.1) is 0 Å². The lowest BCUT2D eigenvalue weighted by molar-refractivity contribution is 0.203. The zero-order valence-corrected chi connectivity index (χ0v) is 7.63. The van der Waals surface area contributed by atoms with Gasteiger partial charge in [-0.05, 0) is 24.6 Å². The molecule has 0 aliphatic rings. The van der Waals surface area contributed by atoms with Crippen molar-refractivity contribution >= 4 is 11.8 Å². The molecule has 0 heterocycles. The van der Waals surface area contributed by atoms with Crippen LogP contribution in [0.25, 0.3) is 0 Å². The van der Waals surface area contributed by atoms with Crippen molar-refractivity contribution in [3.05, 3.63) is 23.8 Å². The van der Waals surface area contributed by atoms with Crippen LogP contribution in [0.5, 0.6) is 5.75 Å². The third-order valence-corrected chi connectivity index (χ3v) is 1.49. The van der Waals surface area contributed by atoms with Gasteiger partial charge in [0.25, 0.3) is 0 Å². The molecule has 1 aromatic rings. The minimum absolute atomic E-state index is 0.455. The highest BCUT2D eigenvalue weighted by atomic mass is 16.5. The van der Waals surface area contributed by atoms with E-state index in [-0.39, 0.29) is 0 Å². The summed E-state index contributed by atoms with van der Waals surface area (Å²) in [6.45, 7) is 1.88. The SMILES string of the molecule is CNC(=O)Oc1cc(C)cc(N)c1. The van der Waals surface area contributed by atoms with Crippen molar-refractivity contribution in [2.45, 2.75) is 6.92 Å². The largest absolute Gasteiger partial charge is 0.412 e. The molecule has 0 atom stereocenters. The van der Waals surface area contributed by atoms with Crippen molar-refractivity contribution in [2.75, 3.05) is 12.8 Å². The summed E-state index contributed by atoms with van der Waals surface area (Å²) in [7, 11) is 1.50. The summed E-state index contributed by atoms with van der Waals surface area (Å²) in [5.41, 5.74) is 7.10. The highest BCUT2D eigenvalue weighted by Crippen LogP contribution is 2.17. The molecule has 70 valence electrons. The Hall–Kier alpha value is -1.71.